The third-order valence-corrected chi connectivity index (χ3v) is 59.5. The van der Waals surface area contributed by atoms with Gasteiger partial charge in [-0.25, -0.2) is 0 Å². The lowest BCUT2D eigenvalue weighted by Crippen LogP contribution is -2.56. The molecule has 0 saturated carbocycles. The van der Waals surface area contributed by atoms with Crippen molar-refractivity contribution in [2.75, 3.05) is 0 Å². The molecule has 150 heavy (non-hydrogen) atoms. The van der Waals surface area contributed by atoms with Gasteiger partial charge in [0.05, 0.1) is 46.9 Å². The van der Waals surface area contributed by atoms with Crippen molar-refractivity contribution in [2.24, 2.45) is 47.3 Å². The number of benzene rings is 4. The number of rotatable bonds is 53. The minimum Gasteiger partial charge on any atom is -0.173 e. The Kier molecular flexibility index (Phi) is 38.7. The first kappa shape index (κ1) is 114. The van der Waals surface area contributed by atoms with Gasteiger partial charge in [-0.05, 0) is 247 Å². The van der Waals surface area contributed by atoms with Crippen LogP contribution in [0, 0.1) is 88.9 Å². The third kappa shape index (κ3) is 22.6. The number of hydrogen-bond acceptors (Lipinski definition) is 20. The summed E-state index contributed by atoms with van der Waals surface area (Å²) in [4.78, 5) is 23.8. The van der Waals surface area contributed by atoms with Gasteiger partial charge < -0.3 is 0 Å². The van der Waals surface area contributed by atoms with Crippen molar-refractivity contribution in [1.29, 1.82) is 0 Å². The molecule has 14 heterocycles. The monoisotopic (exact) mass is 2260 g/mol. The van der Waals surface area contributed by atoms with E-state index < -0.39 is 16.1 Å². The summed E-state index contributed by atoms with van der Waals surface area (Å²) in [6, 6.07) is 45.3. The smallest absolute Gasteiger partial charge is 0.122 e. The molecule has 8 nitrogen and oxygen atoms in total. The first-order chi connectivity index (χ1) is 73.0. The molecule has 0 spiro atoms. The normalized spacial score (nSPS) is 18.4. The lowest BCUT2D eigenvalue weighted by molar-refractivity contribution is 0.266. The van der Waals surface area contributed by atoms with Crippen LogP contribution in [0.25, 0.3) is 135 Å². The molecule has 0 saturated heterocycles. The van der Waals surface area contributed by atoms with Crippen LogP contribution in [0.2, 0.25) is 24.2 Å². The van der Waals surface area contributed by atoms with Gasteiger partial charge in [-0.15, -0.1) is 90.7 Å². The highest BCUT2D eigenvalue weighted by Gasteiger charge is 2.55. The molecule has 0 N–H and O–H groups in total. The molecule has 4 aliphatic rings. The van der Waals surface area contributed by atoms with Gasteiger partial charge in [0.25, 0.3) is 0 Å². The van der Waals surface area contributed by atoms with Gasteiger partial charge >= 0.3 is 0 Å². The molecule has 22 heteroatoms. The molecule has 20 rings (SSSR count). The lowest BCUT2D eigenvalue weighted by Gasteiger charge is -2.37. The average Bonchev–Trinajstić information content (AvgIpc) is 1.55. The van der Waals surface area contributed by atoms with Crippen molar-refractivity contribution >= 4 is 219 Å². The van der Waals surface area contributed by atoms with E-state index in [0.29, 0.717) is 11.8 Å². The van der Waals surface area contributed by atoms with Crippen LogP contribution in [-0.4, -0.2) is 51.1 Å². The zero-order chi connectivity index (χ0) is 105. The molecular weight excluding hydrogens is 2090 g/mol. The van der Waals surface area contributed by atoms with Crippen molar-refractivity contribution in [3.05, 3.63) is 151 Å². The first-order valence-electron chi connectivity index (χ1n) is 59.0. The number of unbranched alkanes of at least 4 members (excludes halogenated alkanes) is 8. The second kappa shape index (κ2) is 51.0. The van der Waals surface area contributed by atoms with Crippen molar-refractivity contribution < 1.29 is 0 Å². The van der Waals surface area contributed by atoms with E-state index in [4.69, 9.17) is 26.2 Å². The SMILES string of the molecule is CCCCC(CC)CC1(CC(CC)CCCC)c2cc(-c3ccc(C)c4nsnc34)sc2-c2sc(-c3ccc(-c4cc5c(s4)-c4sc(C)cc4[Si]5(CC(CC)CCCC)CC(CC)CCCC)c4nsnc34)cc21.CCCCC(CC)CC1(CC(CC)CCCC)c2cc(C)sc2-c2sc(-c3ccc(C)c4nsnc34)cc21.CCCCC(CC)C[Si]1(CC(CC)CCCC)c2cc(C)sc2-c2sc(-c3ccc(C)c4nsnc34)cc21. The van der Waals surface area contributed by atoms with Gasteiger partial charge in [-0.3, -0.25) is 0 Å². The van der Waals surface area contributed by atoms with E-state index >= 15 is 0 Å². The van der Waals surface area contributed by atoms with Crippen molar-refractivity contribution in [1.82, 2.24) is 35.0 Å². The van der Waals surface area contributed by atoms with E-state index in [1.54, 1.807) is 72.3 Å². The van der Waals surface area contributed by atoms with Crippen LogP contribution in [0.1, 0.15) is 396 Å². The Morgan fingerprint density at radius 3 is 0.687 bits per heavy atom. The molecule has 0 radical (unpaired) electrons. The fraction of sp³-hybridized carbons (Fsp3) is 0.562. The van der Waals surface area contributed by atoms with E-state index in [2.05, 4.69) is 292 Å². The summed E-state index contributed by atoms with van der Waals surface area (Å²) in [5.74, 6) is 6.12. The van der Waals surface area contributed by atoms with Crippen LogP contribution in [0.3, 0.4) is 0 Å². The number of hydrogen-bond donors (Lipinski definition) is 0. The molecule has 12 aromatic heterocycles. The Labute approximate surface area is 951 Å². The van der Waals surface area contributed by atoms with Gasteiger partial charge in [-0.1, -0.05) is 365 Å². The molecule has 2 aliphatic heterocycles. The van der Waals surface area contributed by atoms with Gasteiger partial charge in [0.15, 0.2) is 0 Å². The highest BCUT2D eigenvalue weighted by Crippen LogP contribution is 2.66. The Bertz CT molecular complexity index is 6910. The topological polar surface area (TPSA) is 103 Å². The van der Waals surface area contributed by atoms with Crippen LogP contribution >= 0.6 is 138 Å². The van der Waals surface area contributed by atoms with E-state index in [1.165, 1.54) is 396 Å². The van der Waals surface area contributed by atoms with Crippen LogP contribution in [0.5, 0.6) is 0 Å². The molecule has 0 fully saturated rings. The molecular formula is C128H170N8S12Si2. The molecule has 2 aliphatic carbocycles. The van der Waals surface area contributed by atoms with E-state index in [1.807, 2.05) is 56.7 Å². The first-order valence-corrected chi connectivity index (χ1v) is 73.2. The van der Waals surface area contributed by atoms with Crippen molar-refractivity contribution in [3.63, 3.8) is 0 Å². The standard InChI is InChI=1S/C63H82N4S6Si.C33H44N2S3.C32H44N2S3Si/c1-11-19-23-41(15-5)35-63(36-42(16-6)24-20-12-2)48-32-50(45-28-27-39(9)55-56(45)65-72-64-55)69-59(48)60-49(63)33-51(70-60)46-29-30-47(58-57(46)66-73-67-58)52-34-54-62(71-52)61-53(31-40(10)68-61)74(54,37-43(17-7)25-21-13-3)38-44(18-8)26-22-14-4;1-7-11-13-23(9-3)19-33(20-24(10-4)14-12-8-2)26-17-22(6)36-31(26)32-27(33)18-28(37-32)25-16-15-21(5)29-30(25)35-38-34-29;1-7-11-13-23(9-3)19-38(20-24(10-4)14-12-8-2)27-17-22(6)35-31(27)32-28(38)18-26(36-32)25-16-15-21(5)29-30(25)34-37-33-29/h27-34,41-44H,11-26,35-38H2,1-10H3;2*15-18,23-24H,7-14,19-20H2,1-6H3. The number of fused-ring (bicyclic) bond motifs is 16. The van der Waals surface area contributed by atoms with Gasteiger partial charge in [0, 0.05) is 117 Å². The minimum absolute atomic E-state index is 0.0475. The quantitative estimate of drug-likeness (QED) is 0.0347. The Morgan fingerprint density at radius 2 is 0.420 bits per heavy atom. The Balaban J connectivity index is 0.000000162. The third-order valence-electron chi connectivity index (χ3n) is 36.2. The summed E-state index contributed by atoms with van der Waals surface area (Å²) in [5.41, 5.74) is 25.1. The second-order valence-electron chi connectivity index (χ2n) is 46.2. The fourth-order valence-corrected chi connectivity index (χ4v) is 55.8. The maximum atomic E-state index is 5.24. The Morgan fingerprint density at radius 1 is 0.220 bits per heavy atom. The average molecular weight is 2260 g/mol. The molecule has 4 aromatic carbocycles. The highest BCUT2D eigenvalue weighted by molar-refractivity contribution is 7.32. The fourth-order valence-electron chi connectivity index (χ4n) is 27.3. The number of aryl methyl sites for hydroxylation is 6. The number of aromatic nitrogens is 8. The zero-order valence-electron chi connectivity index (χ0n) is 94.6. The van der Waals surface area contributed by atoms with Gasteiger partial charge in [0.1, 0.15) is 60.3 Å². The maximum Gasteiger partial charge on any atom is 0.122 e. The predicted molar refractivity (Wildman–Crippen MR) is 679 cm³/mol. The summed E-state index contributed by atoms with van der Waals surface area (Å²) in [6.07, 6.45) is 47.0. The highest BCUT2D eigenvalue weighted by atomic mass is 32.2. The summed E-state index contributed by atoms with van der Waals surface area (Å²) >= 11 is 21.8. The van der Waals surface area contributed by atoms with E-state index in [-0.39, 0.29) is 10.8 Å². The van der Waals surface area contributed by atoms with Crippen LogP contribution < -0.4 is 20.7 Å². The van der Waals surface area contributed by atoms with Crippen molar-refractivity contribution in [2.45, 2.75) is 418 Å². The van der Waals surface area contributed by atoms with Crippen LogP contribution in [0.4, 0.5) is 0 Å². The van der Waals surface area contributed by atoms with Gasteiger partial charge in [0.2, 0.25) is 0 Å². The maximum absolute atomic E-state index is 5.24. The molecule has 8 atom stereocenters. The van der Waals surface area contributed by atoms with Crippen LogP contribution in [0.15, 0.2) is 97.1 Å². The summed E-state index contributed by atoms with van der Waals surface area (Å²) in [6.45, 7) is 52.0. The molecule has 802 valence electrons. The zero-order valence-corrected chi connectivity index (χ0v) is 106. The summed E-state index contributed by atoms with van der Waals surface area (Å²) < 4.78 is 39.0. The number of thiophene rings is 8. The second-order valence-corrected chi connectivity index (χ2v) is 65.4. The molecule has 0 bridgehead atoms. The van der Waals surface area contributed by atoms with Crippen molar-refractivity contribution in [3.8, 4) is 91.2 Å². The molecule has 16 aromatic rings. The summed E-state index contributed by atoms with van der Waals surface area (Å²) in [5, 5.41) is 7.10. The lowest BCUT2D eigenvalue weighted by atomic mass is 9.65. The van der Waals surface area contributed by atoms with Gasteiger partial charge in [-0.2, -0.15) is 35.0 Å². The summed E-state index contributed by atoms with van der Waals surface area (Å²) in [7, 11) is -3.99. The predicted octanol–water partition coefficient (Wildman–Crippen LogP) is 42.7. The molecule has 8 unspecified atom stereocenters. The largest absolute Gasteiger partial charge is 0.173 e. The minimum atomic E-state index is -2.09. The van der Waals surface area contributed by atoms with E-state index in [9.17, 15) is 0 Å². The van der Waals surface area contributed by atoms with E-state index in [0.717, 1.165) is 79.6 Å². The molecule has 0 amide bonds. The number of nitrogens with zero attached hydrogens (tertiary/aromatic N) is 8. The van der Waals surface area contributed by atoms with Crippen LogP contribution in [-0.2, 0) is 10.8 Å². The Hall–Kier alpha value is -5.81.